The summed E-state index contributed by atoms with van der Waals surface area (Å²) in [5.41, 5.74) is 1.33. The van der Waals surface area contributed by atoms with E-state index in [2.05, 4.69) is 5.32 Å². The molecular formula is C15H20N2O3S. The van der Waals surface area contributed by atoms with Gasteiger partial charge in [-0.25, -0.2) is 13.6 Å². The van der Waals surface area contributed by atoms with Gasteiger partial charge in [0, 0.05) is 11.6 Å². The zero-order valence-electron chi connectivity index (χ0n) is 11.8. The molecule has 1 aromatic rings. The molecule has 3 N–H and O–H groups in total. The Labute approximate surface area is 125 Å². The van der Waals surface area contributed by atoms with Gasteiger partial charge in [-0.2, -0.15) is 0 Å². The van der Waals surface area contributed by atoms with Gasteiger partial charge in [0.25, 0.3) is 0 Å². The zero-order chi connectivity index (χ0) is 15.0. The van der Waals surface area contributed by atoms with Crippen molar-refractivity contribution >= 4 is 21.6 Å². The lowest BCUT2D eigenvalue weighted by atomic mass is 9.88. The Morgan fingerprint density at radius 2 is 1.90 bits per heavy atom. The number of rotatable bonds is 4. The molecule has 1 aromatic carbocycles. The minimum absolute atomic E-state index is 0.0985. The number of anilines is 1. The summed E-state index contributed by atoms with van der Waals surface area (Å²) in [6.07, 6.45) is 4.66. The van der Waals surface area contributed by atoms with Crippen molar-refractivity contribution in [3.8, 4) is 0 Å². The van der Waals surface area contributed by atoms with Gasteiger partial charge in [-0.15, -0.1) is 0 Å². The predicted octanol–water partition coefficient (Wildman–Crippen LogP) is 1.85. The van der Waals surface area contributed by atoms with E-state index < -0.39 is 10.0 Å². The van der Waals surface area contributed by atoms with E-state index >= 15 is 0 Å². The first-order valence-electron chi connectivity index (χ1n) is 7.31. The molecule has 2 aliphatic carbocycles. The monoisotopic (exact) mass is 308 g/mol. The fourth-order valence-electron chi connectivity index (χ4n) is 3.72. The van der Waals surface area contributed by atoms with Gasteiger partial charge in [-0.05, 0) is 48.8 Å². The third-order valence-electron chi connectivity index (χ3n) is 4.66. The van der Waals surface area contributed by atoms with Crippen molar-refractivity contribution in [3.05, 3.63) is 29.8 Å². The molecule has 0 spiro atoms. The van der Waals surface area contributed by atoms with Crippen LogP contribution < -0.4 is 10.5 Å². The number of fused-ring (bicyclic) bond motifs is 2. The summed E-state index contributed by atoms with van der Waals surface area (Å²) < 4.78 is 22.0. The van der Waals surface area contributed by atoms with Crippen LogP contribution in [-0.2, 0) is 20.6 Å². The zero-order valence-corrected chi connectivity index (χ0v) is 12.6. The predicted molar refractivity (Wildman–Crippen MR) is 80.8 cm³/mol. The number of hydrogen-bond donors (Lipinski definition) is 2. The van der Waals surface area contributed by atoms with Crippen LogP contribution in [0.5, 0.6) is 0 Å². The third kappa shape index (κ3) is 3.44. The van der Waals surface area contributed by atoms with E-state index in [-0.39, 0.29) is 17.6 Å². The molecule has 5 nitrogen and oxygen atoms in total. The average molecular weight is 308 g/mol. The molecule has 2 saturated carbocycles. The molecule has 0 radical (unpaired) electrons. The van der Waals surface area contributed by atoms with E-state index in [4.69, 9.17) is 5.14 Å². The molecule has 6 heteroatoms. The number of sulfonamides is 1. The number of amides is 1. The number of carbonyl (C=O) groups excluding carboxylic acids is 1. The summed E-state index contributed by atoms with van der Waals surface area (Å²) in [5.74, 6) is 1.35. The highest BCUT2D eigenvalue weighted by Crippen LogP contribution is 2.48. The van der Waals surface area contributed by atoms with Gasteiger partial charge in [0.2, 0.25) is 15.9 Å². The Hall–Kier alpha value is -1.40. The molecule has 21 heavy (non-hydrogen) atoms. The standard InChI is InChI=1S/C15H20N2O3S/c16-21(19,20)9-10-2-5-13(6-3-10)17-15(18)14-8-11-1-4-12(14)7-11/h2-3,5-6,11-12,14H,1,4,7-9H2,(H,17,18)(H2,16,19,20). The summed E-state index contributed by atoms with van der Waals surface area (Å²) in [6, 6.07) is 6.82. The van der Waals surface area contributed by atoms with Gasteiger partial charge in [0.05, 0.1) is 5.75 Å². The average Bonchev–Trinajstić information content (AvgIpc) is 3.01. The van der Waals surface area contributed by atoms with Crippen LogP contribution in [0.2, 0.25) is 0 Å². The molecule has 114 valence electrons. The van der Waals surface area contributed by atoms with Crippen molar-refractivity contribution < 1.29 is 13.2 Å². The van der Waals surface area contributed by atoms with Crippen LogP contribution in [0.15, 0.2) is 24.3 Å². The number of nitrogens with one attached hydrogen (secondary N) is 1. The van der Waals surface area contributed by atoms with Gasteiger partial charge in [-0.3, -0.25) is 4.79 Å². The topological polar surface area (TPSA) is 89.3 Å². The van der Waals surface area contributed by atoms with E-state index in [0.717, 1.165) is 12.3 Å². The summed E-state index contributed by atoms with van der Waals surface area (Å²) in [6.45, 7) is 0. The Bertz CT molecular complexity index is 639. The Kier molecular flexibility index (Phi) is 3.75. The number of primary sulfonamides is 1. The lowest BCUT2D eigenvalue weighted by Gasteiger charge is -2.20. The fourth-order valence-corrected chi connectivity index (χ4v) is 4.37. The van der Waals surface area contributed by atoms with Gasteiger partial charge < -0.3 is 5.32 Å². The van der Waals surface area contributed by atoms with Crippen molar-refractivity contribution in [2.24, 2.45) is 22.9 Å². The smallest absolute Gasteiger partial charge is 0.227 e. The van der Waals surface area contributed by atoms with E-state index in [1.165, 1.54) is 19.3 Å². The molecule has 0 aliphatic heterocycles. The molecular weight excluding hydrogens is 288 g/mol. The lowest BCUT2D eigenvalue weighted by molar-refractivity contribution is -0.121. The molecule has 0 aromatic heterocycles. The summed E-state index contributed by atoms with van der Waals surface area (Å²) in [4.78, 5) is 12.3. The highest BCUT2D eigenvalue weighted by Gasteiger charge is 2.42. The number of carbonyl (C=O) groups is 1. The van der Waals surface area contributed by atoms with Gasteiger partial charge in [-0.1, -0.05) is 18.6 Å². The van der Waals surface area contributed by atoms with Crippen molar-refractivity contribution in [1.82, 2.24) is 0 Å². The van der Waals surface area contributed by atoms with Gasteiger partial charge in [0.15, 0.2) is 0 Å². The summed E-state index contributed by atoms with van der Waals surface area (Å²) >= 11 is 0. The molecule has 3 unspecified atom stereocenters. The largest absolute Gasteiger partial charge is 0.326 e. The van der Waals surface area contributed by atoms with Gasteiger partial charge >= 0.3 is 0 Å². The maximum Gasteiger partial charge on any atom is 0.227 e. The Balaban J connectivity index is 1.61. The molecule has 0 heterocycles. The minimum Gasteiger partial charge on any atom is -0.326 e. The summed E-state index contributed by atoms with van der Waals surface area (Å²) in [5, 5.41) is 7.95. The van der Waals surface area contributed by atoms with Crippen molar-refractivity contribution in [2.75, 3.05) is 5.32 Å². The molecule has 0 saturated heterocycles. The lowest BCUT2D eigenvalue weighted by Crippen LogP contribution is -2.27. The molecule has 3 atom stereocenters. The van der Waals surface area contributed by atoms with Crippen LogP contribution in [0.3, 0.4) is 0 Å². The highest BCUT2D eigenvalue weighted by molar-refractivity contribution is 7.88. The maximum atomic E-state index is 12.3. The molecule has 2 bridgehead atoms. The second kappa shape index (κ2) is 5.42. The Morgan fingerprint density at radius 3 is 2.43 bits per heavy atom. The number of benzene rings is 1. The van der Waals surface area contributed by atoms with E-state index in [9.17, 15) is 13.2 Å². The van der Waals surface area contributed by atoms with Crippen molar-refractivity contribution in [2.45, 2.75) is 31.4 Å². The second-order valence-electron chi connectivity index (χ2n) is 6.27. The van der Waals surface area contributed by atoms with Crippen LogP contribution in [0.4, 0.5) is 5.69 Å². The SMILES string of the molecule is NS(=O)(=O)Cc1ccc(NC(=O)C2CC3CCC2C3)cc1. The highest BCUT2D eigenvalue weighted by atomic mass is 32.2. The summed E-state index contributed by atoms with van der Waals surface area (Å²) in [7, 11) is -3.52. The third-order valence-corrected chi connectivity index (χ3v) is 5.40. The normalized spacial score (nSPS) is 27.8. The first kappa shape index (κ1) is 14.5. The first-order chi connectivity index (χ1) is 9.90. The van der Waals surface area contributed by atoms with Gasteiger partial charge in [0.1, 0.15) is 0 Å². The van der Waals surface area contributed by atoms with E-state index in [0.29, 0.717) is 17.2 Å². The van der Waals surface area contributed by atoms with Crippen LogP contribution >= 0.6 is 0 Å². The van der Waals surface area contributed by atoms with Crippen LogP contribution in [0.1, 0.15) is 31.2 Å². The molecule has 2 fully saturated rings. The first-order valence-corrected chi connectivity index (χ1v) is 9.02. The van der Waals surface area contributed by atoms with Crippen LogP contribution in [0, 0.1) is 17.8 Å². The van der Waals surface area contributed by atoms with Crippen LogP contribution in [0.25, 0.3) is 0 Å². The number of nitrogens with two attached hydrogens (primary N) is 1. The number of hydrogen-bond acceptors (Lipinski definition) is 3. The fraction of sp³-hybridized carbons (Fsp3) is 0.533. The minimum atomic E-state index is -3.52. The Morgan fingerprint density at radius 1 is 1.19 bits per heavy atom. The van der Waals surface area contributed by atoms with Crippen LogP contribution in [-0.4, -0.2) is 14.3 Å². The molecule has 2 aliphatic rings. The molecule has 1 amide bonds. The van der Waals surface area contributed by atoms with Crippen molar-refractivity contribution in [1.29, 1.82) is 0 Å². The quantitative estimate of drug-likeness (QED) is 0.889. The second-order valence-corrected chi connectivity index (χ2v) is 7.89. The van der Waals surface area contributed by atoms with E-state index in [1.807, 2.05) is 0 Å². The molecule has 3 rings (SSSR count). The van der Waals surface area contributed by atoms with E-state index in [1.54, 1.807) is 24.3 Å². The van der Waals surface area contributed by atoms with Crippen molar-refractivity contribution in [3.63, 3.8) is 0 Å². The maximum absolute atomic E-state index is 12.3.